The van der Waals surface area contributed by atoms with Gasteiger partial charge in [0, 0.05) is 34.2 Å². The summed E-state index contributed by atoms with van der Waals surface area (Å²) in [6.45, 7) is 2.04. The Hall–Kier alpha value is -6.52. The molecule has 7 aromatic rings. The summed E-state index contributed by atoms with van der Waals surface area (Å²) in [6.07, 6.45) is 22.3. The van der Waals surface area contributed by atoms with Crippen molar-refractivity contribution in [2.75, 3.05) is 0 Å². The summed E-state index contributed by atoms with van der Waals surface area (Å²) < 4.78 is 0. The van der Waals surface area contributed by atoms with E-state index in [9.17, 15) is 0 Å². The van der Waals surface area contributed by atoms with Crippen LogP contribution in [0.2, 0.25) is 0 Å². The first-order valence-corrected chi connectivity index (χ1v) is 17.4. The van der Waals surface area contributed by atoms with E-state index in [2.05, 4.69) is 157 Å². The average Bonchev–Trinajstić information content (AvgIpc) is 3.52. The fourth-order valence-electron chi connectivity index (χ4n) is 7.26. The molecular weight excluding hydrogens is 621 g/mol. The third-order valence-corrected chi connectivity index (χ3v) is 9.76. The molecule has 4 nitrogen and oxygen atoms in total. The van der Waals surface area contributed by atoms with Crippen molar-refractivity contribution < 1.29 is 0 Å². The van der Waals surface area contributed by atoms with Gasteiger partial charge in [0.2, 0.25) is 0 Å². The normalized spacial score (nSPS) is 15.5. The van der Waals surface area contributed by atoms with Crippen LogP contribution >= 0.6 is 0 Å². The first-order chi connectivity index (χ1) is 25.2. The van der Waals surface area contributed by atoms with E-state index in [0.29, 0.717) is 17.5 Å². The quantitative estimate of drug-likeness (QED) is 0.132. The molecule has 1 unspecified atom stereocenters. The summed E-state index contributed by atoms with van der Waals surface area (Å²) in [5, 5.41) is 5.79. The molecule has 0 saturated heterocycles. The number of nitrogens with zero attached hydrogens (tertiary/aromatic N) is 4. The summed E-state index contributed by atoms with van der Waals surface area (Å²) in [6, 6.07) is 38.3. The Kier molecular flexibility index (Phi) is 7.82. The lowest BCUT2D eigenvalue weighted by molar-refractivity contribution is 0.999. The SMILES string of the molecule is C/C=C(\C=C/Cc1cnc2ccccc2c1)c1nc(C2=CC3=CC(C=CC=C3)c3ccccc32)nc(-c2cc3ccccc3c3ccccc23)n1. The Morgan fingerprint density at radius 3 is 2.37 bits per heavy atom. The molecule has 2 aliphatic carbocycles. The molecule has 51 heavy (non-hydrogen) atoms. The molecule has 0 spiro atoms. The van der Waals surface area contributed by atoms with Crippen LogP contribution in [0.4, 0.5) is 0 Å². The van der Waals surface area contributed by atoms with Crippen LogP contribution in [0.5, 0.6) is 0 Å². The Morgan fingerprint density at radius 2 is 1.47 bits per heavy atom. The molecule has 2 bridgehead atoms. The third kappa shape index (κ3) is 5.81. The molecule has 0 fully saturated rings. The molecule has 0 amide bonds. The summed E-state index contributed by atoms with van der Waals surface area (Å²) in [5.74, 6) is 2.09. The van der Waals surface area contributed by atoms with E-state index in [0.717, 1.165) is 61.5 Å². The zero-order valence-corrected chi connectivity index (χ0v) is 28.2. The molecule has 0 aliphatic heterocycles. The van der Waals surface area contributed by atoms with Crippen LogP contribution in [0.25, 0.3) is 55.0 Å². The van der Waals surface area contributed by atoms with Crippen LogP contribution in [0.15, 0.2) is 176 Å². The van der Waals surface area contributed by atoms with Crippen molar-refractivity contribution in [1.29, 1.82) is 0 Å². The summed E-state index contributed by atoms with van der Waals surface area (Å²) in [5.41, 5.74) is 8.53. The molecule has 9 rings (SSSR count). The predicted octanol–water partition coefficient (Wildman–Crippen LogP) is 11.2. The lowest BCUT2D eigenvalue weighted by atomic mass is 9.91. The molecular formula is C47H34N4. The smallest absolute Gasteiger partial charge is 0.164 e. The Labute approximate surface area is 297 Å². The first kappa shape index (κ1) is 30.5. The van der Waals surface area contributed by atoms with Crippen molar-refractivity contribution in [1.82, 2.24) is 19.9 Å². The molecule has 2 aromatic heterocycles. The van der Waals surface area contributed by atoms with E-state index in [4.69, 9.17) is 15.0 Å². The van der Waals surface area contributed by atoms with Crippen molar-refractivity contribution in [2.24, 2.45) is 0 Å². The monoisotopic (exact) mass is 654 g/mol. The van der Waals surface area contributed by atoms with Gasteiger partial charge in [0.1, 0.15) is 0 Å². The Balaban J connectivity index is 1.22. The number of benzene rings is 5. The lowest BCUT2D eigenvalue weighted by Gasteiger charge is -2.16. The number of pyridine rings is 1. The number of hydrogen-bond donors (Lipinski definition) is 0. The minimum absolute atomic E-state index is 0.156. The van der Waals surface area contributed by atoms with Crippen LogP contribution in [0.3, 0.4) is 0 Å². The zero-order valence-electron chi connectivity index (χ0n) is 28.2. The number of para-hydroxylation sites is 1. The van der Waals surface area contributed by atoms with Crippen LogP contribution in [-0.2, 0) is 6.42 Å². The van der Waals surface area contributed by atoms with Crippen LogP contribution in [-0.4, -0.2) is 19.9 Å². The molecule has 5 aromatic carbocycles. The molecule has 242 valence electrons. The highest BCUT2D eigenvalue weighted by molar-refractivity contribution is 6.13. The number of fused-ring (bicyclic) bond motifs is 7. The van der Waals surface area contributed by atoms with Crippen molar-refractivity contribution in [3.63, 3.8) is 0 Å². The topological polar surface area (TPSA) is 51.6 Å². The number of rotatable bonds is 6. The largest absolute Gasteiger partial charge is 0.256 e. The highest BCUT2D eigenvalue weighted by Gasteiger charge is 2.23. The second-order valence-electron chi connectivity index (χ2n) is 13.0. The maximum atomic E-state index is 5.32. The fourth-order valence-corrected chi connectivity index (χ4v) is 7.26. The van der Waals surface area contributed by atoms with E-state index in [-0.39, 0.29) is 5.92 Å². The van der Waals surface area contributed by atoms with Gasteiger partial charge in [-0.1, -0.05) is 140 Å². The number of aromatic nitrogens is 4. The molecule has 0 N–H and O–H groups in total. The standard InChI is InChI=1S/C47H34N4/c1-2-33(19-13-15-32-27-36-18-6-12-25-44(36)48-30-32)45-49-46(42-28-31-14-3-4-16-34(26-31)37-21-8-9-23-40(37)42)51-47(50-45)43-29-35-17-5-7-20-38(35)39-22-10-11-24-41(39)43/h2-14,16-30,34H,15H2,1H3/b19-13-,33-2+. The van der Waals surface area contributed by atoms with Gasteiger partial charge in [0.25, 0.3) is 0 Å². The van der Waals surface area contributed by atoms with Crippen molar-refractivity contribution in [3.05, 3.63) is 204 Å². The van der Waals surface area contributed by atoms with Gasteiger partial charge >= 0.3 is 0 Å². The van der Waals surface area contributed by atoms with Crippen molar-refractivity contribution in [3.8, 4) is 11.4 Å². The molecule has 2 aliphatic rings. The zero-order chi connectivity index (χ0) is 34.1. The minimum atomic E-state index is 0.156. The van der Waals surface area contributed by atoms with Gasteiger partial charge in [-0.3, -0.25) is 4.98 Å². The van der Waals surface area contributed by atoms with Gasteiger partial charge in [-0.25, -0.2) is 15.0 Å². The molecule has 0 saturated carbocycles. The second kappa shape index (κ2) is 13.1. The van der Waals surface area contributed by atoms with Crippen LogP contribution < -0.4 is 0 Å². The molecule has 4 heteroatoms. The maximum absolute atomic E-state index is 5.32. The summed E-state index contributed by atoms with van der Waals surface area (Å²) in [7, 11) is 0. The van der Waals surface area contributed by atoms with E-state index < -0.39 is 0 Å². The Bertz CT molecular complexity index is 2690. The first-order valence-electron chi connectivity index (χ1n) is 17.4. The number of allylic oxidation sites excluding steroid dienone is 11. The third-order valence-electron chi connectivity index (χ3n) is 9.76. The van der Waals surface area contributed by atoms with E-state index in [1.165, 1.54) is 16.3 Å². The average molecular weight is 655 g/mol. The summed E-state index contributed by atoms with van der Waals surface area (Å²) >= 11 is 0. The highest BCUT2D eigenvalue weighted by atomic mass is 15.0. The molecule has 2 heterocycles. The van der Waals surface area contributed by atoms with Gasteiger partial charge < -0.3 is 0 Å². The van der Waals surface area contributed by atoms with Gasteiger partial charge in [-0.15, -0.1) is 0 Å². The number of hydrogen-bond acceptors (Lipinski definition) is 4. The molecule has 1 atom stereocenters. The lowest BCUT2D eigenvalue weighted by Crippen LogP contribution is -2.07. The van der Waals surface area contributed by atoms with Crippen molar-refractivity contribution in [2.45, 2.75) is 19.3 Å². The van der Waals surface area contributed by atoms with Gasteiger partial charge in [0.05, 0.1) is 5.52 Å². The minimum Gasteiger partial charge on any atom is -0.256 e. The van der Waals surface area contributed by atoms with Gasteiger partial charge in [-0.05, 0) is 81.4 Å². The van der Waals surface area contributed by atoms with Gasteiger partial charge in [-0.2, -0.15) is 0 Å². The van der Waals surface area contributed by atoms with Gasteiger partial charge in [0.15, 0.2) is 17.5 Å². The predicted molar refractivity (Wildman–Crippen MR) is 211 cm³/mol. The summed E-state index contributed by atoms with van der Waals surface area (Å²) in [4.78, 5) is 20.5. The molecule has 0 radical (unpaired) electrons. The van der Waals surface area contributed by atoms with E-state index >= 15 is 0 Å². The van der Waals surface area contributed by atoms with Crippen LogP contribution in [0.1, 0.15) is 41.2 Å². The second-order valence-corrected chi connectivity index (χ2v) is 13.0. The fraction of sp³-hybridized carbons (Fsp3) is 0.0638. The highest BCUT2D eigenvalue weighted by Crippen LogP contribution is 2.39. The van der Waals surface area contributed by atoms with E-state index in [1.807, 2.05) is 25.3 Å². The maximum Gasteiger partial charge on any atom is 0.164 e. The van der Waals surface area contributed by atoms with Crippen molar-refractivity contribution >= 4 is 43.6 Å². The van der Waals surface area contributed by atoms with Crippen LogP contribution in [0, 0.1) is 0 Å². The Morgan fingerprint density at radius 1 is 0.706 bits per heavy atom. The van der Waals surface area contributed by atoms with E-state index in [1.54, 1.807) is 0 Å².